The highest BCUT2D eigenvalue weighted by molar-refractivity contribution is 7.99. The van der Waals surface area contributed by atoms with Gasteiger partial charge in [-0.15, -0.1) is 10.2 Å². The lowest BCUT2D eigenvalue weighted by molar-refractivity contribution is -0.118. The van der Waals surface area contributed by atoms with Gasteiger partial charge < -0.3 is 14.5 Å². The molecule has 1 aliphatic rings. The molecule has 0 spiro atoms. The largest absolute Gasteiger partial charge is 0.411 e. The van der Waals surface area contributed by atoms with Crippen molar-refractivity contribution in [2.45, 2.75) is 16.7 Å². The smallest absolute Gasteiger partial charge is 0.277 e. The maximum Gasteiger partial charge on any atom is 0.277 e. The van der Waals surface area contributed by atoms with Gasteiger partial charge in [0.05, 0.1) is 23.9 Å². The Kier molecular flexibility index (Phi) is 7.20. The summed E-state index contributed by atoms with van der Waals surface area (Å²) in [6, 6.07) is 16.0. The number of morpholine rings is 1. The number of ether oxygens (including phenoxy) is 1. The van der Waals surface area contributed by atoms with Gasteiger partial charge in [-0.05, 0) is 23.8 Å². The molecule has 0 unspecified atom stereocenters. The molecule has 1 fully saturated rings. The number of amides is 1. The number of hydrogen-bond donors (Lipinski definition) is 1. The van der Waals surface area contributed by atoms with E-state index in [2.05, 4.69) is 15.5 Å². The normalized spacial score (nSPS) is 14.9. The van der Waals surface area contributed by atoms with Gasteiger partial charge in [0, 0.05) is 25.2 Å². The maximum absolute atomic E-state index is 12.9. The number of carbonyl (C=O) groups is 1. The van der Waals surface area contributed by atoms with Crippen molar-refractivity contribution in [2.75, 3.05) is 32.1 Å². The van der Waals surface area contributed by atoms with E-state index in [1.165, 1.54) is 16.4 Å². The van der Waals surface area contributed by atoms with Crippen LogP contribution in [-0.2, 0) is 26.1 Å². The van der Waals surface area contributed by atoms with E-state index in [1.54, 1.807) is 12.1 Å². The summed E-state index contributed by atoms with van der Waals surface area (Å²) >= 11 is 1.12. The number of carbonyl (C=O) groups excluding carboxylic acids is 1. The average Bonchev–Trinajstić information content (AvgIpc) is 3.32. The van der Waals surface area contributed by atoms with Crippen LogP contribution in [0.3, 0.4) is 0 Å². The standard InChI is InChI=1S/C21H22N4O5S2/c26-19(22-14-16-5-2-1-3-6-16)15-31-21-24-23-20(30-21)17-7-4-8-18(13-17)32(27,28)25-9-11-29-12-10-25/h1-8,13H,9-12,14-15H2,(H,22,26). The van der Waals surface area contributed by atoms with Crippen LogP contribution in [0.1, 0.15) is 5.56 Å². The minimum Gasteiger partial charge on any atom is -0.411 e. The molecule has 1 aliphatic heterocycles. The number of aromatic nitrogens is 2. The van der Waals surface area contributed by atoms with Crippen molar-refractivity contribution in [2.24, 2.45) is 0 Å². The summed E-state index contributed by atoms with van der Waals surface area (Å²) < 4.78 is 38.0. The van der Waals surface area contributed by atoms with E-state index in [9.17, 15) is 13.2 Å². The van der Waals surface area contributed by atoms with Crippen molar-refractivity contribution in [3.63, 3.8) is 0 Å². The van der Waals surface area contributed by atoms with Gasteiger partial charge >= 0.3 is 0 Å². The predicted molar refractivity (Wildman–Crippen MR) is 118 cm³/mol. The summed E-state index contributed by atoms with van der Waals surface area (Å²) in [6.45, 7) is 1.84. The van der Waals surface area contributed by atoms with Crippen LogP contribution in [-0.4, -0.2) is 60.9 Å². The lowest BCUT2D eigenvalue weighted by atomic mass is 10.2. The van der Waals surface area contributed by atoms with Crippen LogP contribution < -0.4 is 5.32 Å². The predicted octanol–water partition coefficient (Wildman–Crippen LogP) is 2.17. The summed E-state index contributed by atoms with van der Waals surface area (Å²) in [5.41, 5.74) is 1.50. The number of thioether (sulfide) groups is 1. The molecule has 3 aromatic rings. The van der Waals surface area contributed by atoms with Crippen molar-refractivity contribution in [1.29, 1.82) is 0 Å². The summed E-state index contributed by atoms with van der Waals surface area (Å²) in [5, 5.41) is 11.0. The molecule has 4 rings (SSSR count). The molecule has 11 heteroatoms. The highest BCUT2D eigenvalue weighted by Gasteiger charge is 2.27. The molecule has 1 amide bonds. The first-order chi connectivity index (χ1) is 15.5. The zero-order valence-electron chi connectivity index (χ0n) is 17.1. The molecular weight excluding hydrogens is 452 g/mol. The highest BCUT2D eigenvalue weighted by Crippen LogP contribution is 2.26. The third-order valence-corrected chi connectivity index (χ3v) is 7.47. The average molecular weight is 475 g/mol. The quantitative estimate of drug-likeness (QED) is 0.494. The molecule has 0 bridgehead atoms. The minimum absolute atomic E-state index is 0.125. The second kappa shape index (κ2) is 10.3. The Labute approximate surface area is 190 Å². The van der Waals surface area contributed by atoms with Gasteiger partial charge in [0.2, 0.25) is 21.8 Å². The Morgan fingerprint density at radius 2 is 1.84 bits per heavy atom. The fraction of sp³-hybridized carbons (Fsp3) is 0.286. The van der Waals surface area contributed by atoms with Crippen LogP contribution >= 0.6 is 11.8 Å². The Morgan fingerprint density at radius 3 is 2.62 bits per heavy atom. The minimum atomic E-state index is -3.63. The van der Waals surface area contributed by atoms with E-state index in [0.29, 0.717) is 38.4 Å². The van der Waals surface area contributed by atoms with Gasteiger partial charge in [0.15, 0.2) is 0 Å². The number of benzene rings is 2. The second-order valence-corrected chi connectivity index (χ2v) is 9.83. The van der Waals surface area contributed by atoms with Gasteiger partial charge in [-0.25, -0.2) is 8.42 Å². The molecule has 0 aliphatic carbocycles. The number of nitrogens with zero attached hydrogens (tertiary/aromatic N) is 3. The molecule has 1 N–H and O–H groups in total. The molecule has 32 heavy (non-hydrogen) atoms. The van der Waals surface area contributed by atoms with Gasteiger partial charge in [-0.2, -0.15) is 4.31 Å². The van der Waals surface area contributed by atoms with E-state index in [-0.39, 0.29) is 27.7 Å². The zero-order valence-corrected chi connectivity index (χ0v) is 18.8. The number of nitrogens with one attached hydrogen (secondary N) is 1. The van der Waals surface area contributed by atoms with Crippen LogP contribution in [0.5, 0.6) is 0 Å². The molecule has 168 valence electrons. The Hall–Kier alpha value is -2.73. The van der Waals surface area contributed by atoms with Gasteiger partial charge in [0.25, 0.3) is 5.22 Å². The topological polar surface area (TPSA) is 115 Å². The summed E-state index contributed by atoms with van der Waals surface area (Å²) in [5.74, 6) is 0.160. The third kappa shape index (κ3) is 5.54. The summed E-state index contributed by atoms with van der Waals surface area (Å²) in [7, 11) is -3.63. The van der Waals surface area contributed by atoms with Gasteiger partial charge in [-0.3, -0.25) is 4.79 Å². The molecule has 2 heterocycles. The molecule has 0 radical (unpaired) electrons. The Balaban J connectivity index is 1.37. The fourth-order valence-corrected chi connectivity index (χ4v) is 5.13. The molecule has 0 saturated carbocycles. The van der Waals surface area contributed by atoms with Crippen molar-refractivity contribution < 1.29 is 22.4 Å². The lowest BCUT2D eigenvalue weighted by Crippen LogP contribution is -2.40. The van der Waals surface area contributed by atoms with E-state index in [0.717, 1.165) is 17.3 Å². The Bertz CT molecular complexity index is 1160. The summed E-state index contributed by atoms with van der Waals surface area (Å²) in [6.07, 6.45) is 0. The van der Waals surface area contributed by atoms with Gasteiger partial charge in [-0.1, -0.05) is 48.2 Å². The number of sulfonamides is 1. The summed E-state index contributed by atoms with van der Waals surface area (Å²) in [4.78, 5) is 12.2. The second-order valence-electron chi connectivity index (χ2n) is 6.97. The first-order valence-electron chi connectivity index (χ1n) is 9.97. The van der Waals surface area contributed by atoms with E-state index < -0.39 is 10.0 Å². The van der Waals surface area contributed by atoms with Crippen LogP contribution in [0.25, 0.3) is 11.5 Å². The van der Waals surface area contributed by atoms with E-state index >= 15 is 0 Å². The monoisotopic (exact) mass is 474 g/mol. The molecule has 0 atom stereocenters. The first-order valence-corrected chi connectivity index (χ1v) is 12.4. The van der Waals surface area contributed by atoms with Crippen molar-refractivity contribution in [1.82, 2.24) is 19.8 Å². The van der Waals surface area contributed by atoms with Crippen molar-refractivity contribution >= 4 is 27.7 Å². The van der Waals surface area contributed by atoms with Gasteiger partial charge in [0.1, 0.15) is 0 Å². The molecule has 1 saturated heterocycles. The number of rotatable bonds is 8. The van der Waals surface area contributed by atoms with Crippen molar-refractivity contribution in [3.8, 4) is 11.5 Å². The molecule has 2 aromatic carbocycles. The Morgan fingerprint density at radius 1 is 1.06 bits per heavy atom. The van der Waals surface area contributed by atoms with E-state index in [1.807, 2.05) is 30.3 Å². The lowest BCUT2D eigenvalue weighted by Gasteiger charge is -2.26. The molecule has 1 aromatic heterocycles. The number of hydrogen-bond acceptors (Lipinski definition) is 8. The SMILES string of the molecule is O=C(CSc1nnc(-c2cccc(S(=O)(=O)N3CCOCC3)c2)o1)NCc1ccccc1. The van der Waals surface area contributed by atoms with E-state index in [4.69, 9.17) is 9.15 Å². The van der Waals surface area contributed by atoms with Crippen LogP contribution in [0.4, 0.5) is 0 Å². The molecule has 9 nitrogen and oxygen atoms in total. The third-order valence-electron chi connectivity index (χ3n) is 4.75. The van der Waals surface area contributed by atoms with Crippen molar-refractivity contribution in [3.05, 3.63) is 60.2 Å². The van der Waals surface area contributed by atoms with Crippen LogP contribution in [0.2, 0.25) is 0 Å². The molecular formula is C21H22N4O5S2. The maximum atomic E-state index is 12.9. The fourth-order valence-electron chi connectivity index (χ4n) is 3.09. The zero-order chi connectivity index (χ0) is 22.4. The van der Waals surface area contributed by atoms with Crippen LogP contribution in [0.15, 0.2) is 69.1 Å². The first kappa shape index (κ1) is 22.5. The van der Waals surface area contributed by atoms with Crippen LogP contribution in [0, 0.1) is 0 Å². The highest BCUT2D eigenvalue weighted by atomic mass is 32.2.